The van der Waals surface area contributed by atoms with Gasteiger partial charge in [-0.3, -0.25) is 4.57 Å². The number of thioether (sulfide) groups is 1. The molecule has 3 rings (SSSR count). The van der Waals surface area contributed by atoms with Gasteiger partial charge in [0.25, 0.3) is 0 Å². The third-order valence-corrected chi connectivity index (χ3v) is 4.04. The summed E-state index contributed by atoms with van der Waals surface area (Å²) in [6.45, 7) is 2.63. The number of hydrogen-bond donors (Lipinski definition) is 0. The van der Waals surface area contributed by atoms with Crippen LogP contribution in [0.2, 0.25) is 0 Å². The molecule has 0 spiro atoms. The molecule has 4 nitrogen and oxygen atoms in total. The van der Waals surface area contributed by atoms with Crippen LogP contribution in [0.3, 0.4) is 0 Å². The Balaban J connectivity index is 1.73. The first-order valence-corrected chi connectivity index (χ1v) is 7.40. The number of nitrogens with zero attached hydrogens (tertiary/aromatic N) is 3. The lowest BCUT2D eigenvalue weighted by molar-refractivity contribution is 0.481. The molecule has 0 aliphatic heterocycles. The summed E-state index contributed by atoms with van der Waals surface area (Å²) in [7, 11) is 0. The average molecular weight is 285 g/mol. The Morgan fingerprint density at radius 2 is 1.95 bits per heavy atom. The molecule has 20 heavy (non-hydrogen) atoms. The molecule has 0 fully saturated rings. The van der Waals surface area contributed by atoms with E-state index in [1.165, 1.54) is 5.56 Å². The molecule has 1 aromatic carbocycles. The SMILES string of the molecule is Cc1nnc(SCc2ccccc2)n1Cc1ccco1. The summed E-state index contributed by atoms with van der Waals surface area (Å²) in [4.78, 5) is 0. The zero-order valence-corrected chi connectivity index (χ0v) is 12.0. The molecule has 3 aromatic rings. The van der Waals surface area contributed by atoms with Crippen molar-refractivity contribution in [2.75, 3.05) is 0 Å². The van der Waals surface area contributed by atoms with Gasteiger partial charge in [0.15, 0.2) is 5.16 Å². The second-order valence-electron chi connectivity index (χ2n) is 4.47. The van der Waals surface area contributed by atoms with E-state index in [2.05, 4.69) is 39.0 Å². The van der Waals surface area contributed by atoms with Crippen molar-refractivity contribution < 1.29 is 4.42 Å². The second-order valence-corrected chi connectivity index (χ2v) is 5.41. The van der Waals surface area contributed by atoms with Crippen molar-refractivity contribution in [1.82, 2.24) is 14.8 Å². The van der Waals surface area contributed by atoms with Gasteiger partial charge in [0.1, 0.15) is 11.6 Å². The fourth-order valence-corrected chi connectivity index (χ4v) is 2.87. The van der Waals surface area contributed by atoms with Crippen LogP contribution in [0.5, 0.6) is 0 Å². The number of aryl methyl sites for hydroxylation is 1. The number of rotatable bonds is 5. The van der Waals surface area contributed by atoms with Gasteiger partial charge in [-0.1, -0.05) is 42.1 Å². The van der Waals surface area contributed by atoms with E-state index < -0.39 is 0 Å². The lowest BCUT2D eigenvalue weighted by Gasteiger charge is -2.06. The van der Waals surface area contributed by atoms with E-state index in [0.29, 0.717) is 6.54 Å². The van der Waals surface area contributed by atoms with Crippen LogP contribution < -0.4 is 0 Å². The summed E-state index contributed by atoms with van der Waals surface area (Å²) in [5, 5.41) is 9.32. The van der Waals surface area contributed by atoms with E-state index in [0.717, 1.165) is 22.5 Å². The summed E-state index contributed by atoms with van der Waals surface area (Å²) >= 11 is 1.69. The zero-order valence-electron chi connectivity index (χ0n) is 11.2. The Kier molecular flexibility index (Phi) is 3.87. The highest BCUT2D eigenvalue weighted by Crippen LogP contribution is 2.22. The summed E-state index contributed by atoms with van der Waals surface area (Å²) in [6, 6.07) is 14.2. The lowest BCUT2D eigenvalue weighted by Crippen LogP contribution is -2.03. The van der Waals surface area contributed by atoms with Gasteiger partial charge in [0, 0.05) is 5.75 Å². The van der Waals surface area contributed by atoms with Gasteiger partial charge >= 0.3 is 0 Å². The molecule has 2 aromatic heterocycles. The molecule has 0 N–H and O–H groups in total. The minimum absolute atomic E-state index is 0.670. The zero-order chi connectivity index (χ0) is 13.8. The van der Waals surface area contributed by atoms with Crippen molar-refractivity contribution in [3.05, 3.63) is 65.9 Å². The molecule has 0 saturated carbocycles. The summed E-state index contributed by atoms with van der Waals surface area (Å²) in [5.41, 5.74) is 1.28. The number of benzene rings is 1. The Morgan fingerprint density at radius 3 is 2.70 bits per heavy atom. The van der Waals surface area contributed by atoms with Crippen molar-refractivity contribution in [3.8, 4) is 0 Å². The van der Waals surface area contributed by atoms with Crippen LogP contribution in [0.25, 0.3) is 0 Å². The molecule has 2 heterocycles. The topological polar surface area (TPSA) is 43.9 Å². The van der Waals surface area contributed by atoms with Gasteiger partial charge in [-0.25, -0.2) is 0 Å². The van der Waals surface area contributed by atoms with Crippen LogP contribution in [0.4, 0.5) is 0 Å². The van der Waals surface area contributed by atoms with E-state index in [-0.39, 0.29) is 0 Å². The lowest BCUT2D eigenvalue weighted by atomic mass is 10.2. The minimum Gasteiger partial charge on any atom is -0.467 e. The first kappa shape index (κ1) is 13.0. The maximum atomic E-state index is 5.39. The molecule has 0 radical (unpaired) electrons. The van der Waals surface area contributed by atoms with Crippen LogP contribution in [0.1, 0.15) is 17.1 Å². The quantitative estimate of drug-likeness (QED) is 0.673. The molecule has 102 valence electrons. The molecule has 0 saturated heterocycles. The Morgan fingerprint density at radius 1 is 1.10 bits per heavy atom. The maximum Gasteiger partial charge on any atom is 0.191 e. The summed E-state index contributed by atoms with van der Waals surface area (Å²) in [6.07, 6.45) is 1.69. The van der Waals surface area contributed by atoms with Crippen LogP contribution in [0.15, 0.2) is 58.3 Å². The standard InChI is InChI=1S/C15H15N3OS/c1-12-16-17-15(18(12)10-14-8-5-9-19-14)20-11-13-6-3-2-4-7-13/h2-9H,10-11H2,1H3. The fourth-order valence-electron chi connectivity index (χ4n) is 1.93. The molecule has 0 bridgehead atoms. The molecule has 0 amide bonds. The Bertz CT molecular complexity index is 662. The van der Waals surface area contributed by atoms with Gasteiger partial charge in [0.05, 0.1) is 12.8 Å². The first-order chi connectivity index (χ1) is 9.83. The van der Waals surface area contributed by atoms with Gasteiger partial charge < -0.3 is 4.42 Å². The normalized spacial score (nSPS) is 10.8. The van der Waals surface area contributed by atoms with Crippen molar-refractivity contribution in [3.63, 3.8) is 0 Å². The van der Waals surface area contributed by atoms with Gasteiger partial charge in [-0.05, 0) is 24.6 Å². The van der Waals surface area contributed by atoms with E-state index in [1.807, 2.05) is 25.1 Å². The predicted octanol–water partition coefficient (Wildman–Crippen LogP) is 3.52. The van der Waals surface area contributed by atoms with Crippen LogP contribution in [-0.4, -0.2) is 14.8 Å². The van der Waals surface area contributed by atoms with Crippen LogP contribution in [0, 0.1) is 6.92 Å². The highest BCUT2D eigenvalue weighted by atomic mass is 32.2. The van der Waals surface area contributed by atoms with E-state index in [1.54, 1.807) is 18.0 Å². The molecule has 0 unspecified atom stereocenters. The smallest absolute Gasteiger partial charge is 0.191 e. The third kappa shape index (κ3) is 2.93. The predicted molar refractivity (Wildman–Crippen MR) is 78.6 cm³/mol. The van der Waals surface area contributed by atoms with Crippen molar-refractivity contribution >= 4 is 11.8 Å². The highest BCUT2D eigenvalue weighted by molar-refractivity contribution is 7.98. The van der Waals surface area contributed by atoms with E-state index in [9.17, 15) is 0 Å². The van der Waals surface area contributed by atoms with Crippen molar-refractivity contribution in [2.45, 2.75) is 24.4 Å². The summed E-state index contributed by atoms with van der Waals surface area (Å²) < 4.78 is 7.47. The van der Waals surface area contributed by atoms with Gasteiger partial charge in [0.2, 0.25) is 0 Å². The monoisotopic (exact) mass is 285 g/mol. The van der Waals surface area contributed by atoms with E-state index >= 15 is 0 Å². The summed E-state index contributed by atoms with van der Waals surface area (Å²) in [5.74, 6) is 2.70. The van der Waals surface area contributed by atoms with E-state index in [4.69, 9.17) is 4.42 Å². The number of hydrogen-bond acceptors (Lipinski definition) is 4. The molecule has 5 heteroatoms. The number of aromatic nitrogens is 3. The molecular formula is C15H15N3OS. The molecular weight excluding hydrogens is 270 g/mol. The molecule has 0 aliphatic rings. The van der Waals surface area contributed by atoms with Crippen molar-refractivity contribution in [2.24, 2.45) is 0 Å². The molecule has 0 aliphatic carbocycles. The third-order valence-electron chi connectivity index (χ3n) is 3.01. The second kappa shape index (κ2) is 5.96. The minimum atomic E-state index is 0.670. The fraction of sp³-hybridized carbons (Fsp3) is 0.200. The Hall–Kier alpha value is -2.01. The van der Waals surface area contributed by atoms with Crippen LogP contribution >= 0.6 is 11.8 Å². The maximum absolute atomic E-state index is 5.39. The van der Waals surface area contributed by atoms with Crippen molar-refractivity contribution in [1.29, 1.82) is 0 Å². The highest BCUT2D eigenvalue weighted by Gasteiger charge is 2.11. The molecule has 0 atom stereocenters. The first-order valence-electron chi connectivity index (χ1n) is 6.42. The number of furan rings is 1. The average Bonchev–Trinajstić information content (AvgIpc) is 3.10. The largest absolute Gasteiger partial charge is 0.467 e. The Labute approximate surface area is 121 Å². The van der Waals surface area contributed by atoms with Crippen LogP contribution in [-0.2, 0) is 12.3 Å². The van der Waals surface area contributed by atoms with Gasteiger partial charge in [-0.2, -0.15) is 0 Å². The van der Waals surface area contributed by atoms with Gasteiger partial charge in [-0.15, -0.1) is 10.2 Å².